The third-order valence-corrected chi connectivity index (χ3v) is 2.92. The van der Waals surface area contributed by atoms with Crippen LogP contribution in [-0.4, -0.2) is 41.4 Å². The summed E-state index contributed by atoms with van der Waals surface area (Å²) in [6.07, 6.45) is 0. The number of nitrogens with one attached hydrogen (secondary N) is 1. The lowest BCUT2D eigenvalue weighted by atomic mass is 9.91. The summed E-state index contributed by atoms with van der Waals surface area (Å²) in [6, 6.07) is -1.94. The summed E-state index contributed by atoms with van der Waals surface area (Å²) < 4.78 is 4.78. The maximum atomic E-state index is 12.2. The van der Waals surface area contributed by atoms with Gasteiger partial charge in [-0.15, -0.1) is 0 Å². The number of esters is 1. The molecule has 0 aromatic rings. The van der Waals surface area contributed by atoms with Gasteiger partial charge in [-0.25, -0.2) is 14.5 Å². The Morgan fingerprint density at radius 2 is 1.89 bits per heavy atom. The highest BCUT2D eigenvalue weighted by Gasteiger charge is 2.45. The number of urea groups is 1. The van der Waals surface area contributed by atoms with Gasteiger partial charge in [-0.1, -0.05) is 13.8 Å². The summed E-state index contributed by atoms with van der Waals surface area (Å²) in [5.41, 5.74) is 0. The Morgan fingerprint density at radius 3 is 2.37 bits per heavy atom. The average molecular weight is 270 g/mol. The van der Waals surface area contributed by atoms with Crippen molar-refractivity contribution in [3.05, 3.63) is 0 Å². The smallest absolute Gasteiger partial charge is 0.331 e. The molecule has 0 aliphatic carbocycles. The Bertz CT molecular complexity index is 418. The normalized spacial score (nSPS) is 21.4. The number of amides is 4. The summed E-state index contributed by atoms with van der Waals surface area (Å²) in [4.78, 5) is 47.9. The van der Waals surface area contributed by atoms with Gasteiger partial charge in [0.25, 0.3) is 0 Å². The summed E-state index contributed by atoms with van der Waals surface area (Å²) >= 11 is 0. The number of ether oxygens (including phenoxy) is 1. The zero-order valence-electron chi connectivity index (χ0n) is 11.4. The van der Waals surface area contributed by atoms with Crippen LogP contribution in [0.25, 0.3) is 0 Å². The largest absolute Gasteiger partial charge is 0.464 e. The van der Waals surface area contributed by atoms with Gasteiger partial charge in [0.15, 0.2) is 0 Å². The number of carbonyl (C=O) groups excluding carboxylic acids is 4. The molecule has 19 heavy (non-hydrogen) atoms. The van der Waals surface area contributed by atoms with E-state index in [1.165, 1.54) is 6.92 Å². The lowest BCUT2D eigenvalue weighted by Gasteiger charge is -2.34. The van der Waals surface area contributed by atoms with Crippen LogP contribution in [0.5, 0.6) is 0 Å². The fraction of sp³-hybridized carbons (Fsp3) is 0.667. The van der Waals surface area contributed by atoms with Crippen LogP contribution in [0.3, 0.4) is 0 Å². The number of hydrogen-bond donors (Lipinski definition) is 1. The van der Waals surface area contributed by atoms with Crippen molar-refractivity contribution in [2.24, 2.45) is 11.8 Å². The van der Waals surface area contributed by atoms with Crippen LogP contribution in [-0.2, 0) is 19.1 Å². The van der Waals surface area contributed by atoms with Crippen LogP contribution < -0.4 is 5.32 Å². The first kappa shape index (κ1) is 15.1. The van der Waals surface area contributed by atoms with Crippen molar-refractivity contribution in [1.29, 1.82) is 0 Å². The summed E-state index contributed by atoms with van der Waals surface area (Å²) in [7, 11) is 0. The van der Waals surface area contributed by atoms with Crippen LogP contribution in [0.1, 0.15) is 27.7 Å². The van der Waals surface area contributed by atoms with E-state index in [1.54, 1.807) is 20.8 Å². The molecule has 4 amide bonds. The molecule has 0 aromatic carbocycles. The molecule has 1 aliphatic heterocycles. The number of barbiturate groups is 1. The zero-order valence-corrected chi connectivity index (χ0v) is 11.4. The summed E-state index contributed by atoms with van der Waals surface area (Å²) in [5.74, 6) is -3.20. The lowest BCUT2D eigenvalue weighted by molar-refractivity contribution is -0.156. The van der Waals surface area contributed by atoms with Crippen molar-refractivity contribution in [2.75, 3.05) is 6.61 Å². The average Bonchev–Trinajstić information content (AvgIpc) is 2.27. The first-order valence-corrected chi connectivity index (χ1v) is 6.15. The minimum atomic E-state index is -1.05. The molecule has 1 heterocycles. The molecular formula is C12H18N2O5. The SMILES string of the molecule is CCOC(=O)C(C)N1C(=O)NC(=O)C(C(C)C)C1=O. The molecule has 7 nitrogen and oxygen atoms in total. The molecule has 0 bridgehead atoms. The first-order chi connectivity index (χ1) is 8.81. The number of hydrogen-bond acceptors (Lipinski definition) is 5. The van der Waals surface area contributed by atoms with E-state index in [0.717, 1.165) is 4.90 Å². The summed E-state index contributed by atoms with van der Waals surface area (Å²) in [5, 5.41) is 2.09. The van der Waals surface area contributed by atoms with Crippen molar-refractivity contribution in [1.82, 2.24) is 10.2 Å². The highest BCUT2D eigenvalue weighted by Crippen LogP contribution is 2.21. The van der Waals surface area contributed by atoms with Crippen LogP contribution in [0.4, 0.5) is 4.79 Å². The Kier molecular flexibility index (Phi) is 4.63. The Balaban J connectivity index is 2.99. The van der Waals surface area contributed by atoms with Gasteiger partial charge in [0.05, 0.1) is 6.61 Å². The predicted molar refractivity (Wildman–Crippen MR) is 64.8 cm³/mol. The van der Waals surface area contributed by atoms with Crippen molar-refractivity contribution in [3.8, 4) is 0 Å². The molecule has 1 N–H and O–H groups in total. The Hall–Kier alpha value is -1.92. The third-order valence-electron chi connectivity index (χ3n) is 2.92. The van der Waals surface area contributed by atoms with Gasteiger partial charge in [0, 0.05) is 0 Å². The number of carbonyl (C=O) groups is 4. The molecular weight excluding hydrogens is 252 g/mol. The molecule has 2 atom stereocenters. The molecule has 1 fully saturated rings. The van der Waals surface area contributed by atoms with E-state index >= 15 is 0 Å². The quantitative estimate of drug-likeness (QED) is 0.585. The minimum absolute atomic E-state index is 0.152. The first-order valence-electron chi connectivity index (χ1n) is 6.15. The van der Waals surface area contributed by atoms with Crippen molar-refractivity contribution in [2.45, 2.75) is 33.7 Å². The molecule has 0 spiro atoms. The Labute approximate surface area is 111 Å². The van der Waals surface area contributed by atoms with Crippen LogP contribution in [0, 0.1) is 11.8 Å². The van der Waals surface area contributed by atoms with E-state index in [1.807, 2.05) is 0 Å². The number of rotatable bonds is 4. The topological polar surface area (TPSA) is 92.8 Å². The fourth-order valence-corrected chi connectivity index (χ4v) is 1.93. The van der Waals surface area contributed by atoms with E-state index in [0.29, 0.717) is 0 Å². The standard InChI is InChI=1S/C12H18N2O5/c1-5-19-11(17)7(4)14-10(16)8(6(2)3)9(15)13-12(14)18/h6-8H,5H2,1-4H3,(H,13,15,18). The van der Waals surface area contributed by atoms with Crippen LogP contribution >= 0.6 is 0 Å². The zero-order chi connectivity index (χ0) is 14.7. The van der Waals surface area contributed by atoms with E-state index in [2.05, 4.69) is 5.32 Å². The molecule has 0 saturated carbocycles. The molecule has 1 aliphatic rings. The van der Waals surface area contributed by atoms with Gasteiger partial charge in [-0.3, -0.25) is 14.9 Å². The van der Waals surface area contributed by atoms with Crippen LogP contribution in [0.2, 0.25) is 0 Å². The van der Waals surface area contributed by atoms with Gasteiger partial charge in [0.2, 0.25) is 11.8 Å². The molecule has 2 unspecified atom stereocenters. The van der Waals surface area contributed by atoms with Crippen molar-refractivity contribution >= 4 is 23.8 Å². The second-order valence-electron chi connectivity index (χ2n) is 4.65. The van der Waals surface area contributed by atoms with Gasteiger partial charge >= 0.3 is 12.0 Å². The molecule has 1 saturated heterocycles. The third kappa shape index (κ3) is 2.91. The van der Waals surface area contributed by atoms with Gasteiger partial charge < -0.3 is 4.74 Å². The second-order valence-corrected chi connectivity index (χ2v) is 4.65. The monoisotopic (exact) mass is 270 g/mol. The van der Waals surface area contributed by atoms with E-state index < -0.39 is 35.8 Å². The second kappa shape index (κ2) is 5.81. The molecule has 1 rings (SSSR count). The van der Waals surface area contributed by atoms with Gasteiger partial charge in [-0.05, 0) is 19.8 Å². The van der Waals surface area contributed by atoms with Crippen molar-refractivity contribution in [3.63, 3.8) is 0 Å². The predicted octanol–water partition coefficient (Wildman–Crippen LogP) is 0.289. The Morgan fingerprint density at radius 1 is 1.32 bits per heavy atom. The fourth-order valence-electron chi connectivity index (χ4n) is 1.93. The maximum absolute atomic E-state index is 12.2. The van der Waals surface area contributed by atoms with E-state index in [9.17, 15) is 19.2 Å². The van der Waals surface area contributed by atoms with E-state index in [-0.39, 0.29) is 12.5 Å². The summed E-state index contributed by atoms with van der Waals surface area (Å²) in [6.45, 7) is 6.57. The van der Waals surface area contributed by atoms with Crippen LogP contribution in [0.15, 0.2) is 0 Å². The highest BCUT2D eigenvalue weighted by atomic mass is 16.5. The van der Waals surface area contributed by atoms with E-state index in [4.69, 9.17) is 4.74 Å². The molecule has 7 heteroatoms. The van der Waals surface area contributed by atoms with Gasteiger partial charge in [-0.2, -0.15) is 0 Å². The lowest BCUT2D eigenvalue weighted by Crippen LogP contribution is -2.62. The highest BCUT2D eigenvalue weighted by molar-refractivity contribution is 6.17. The van der Waals surface area contributed by atoms with Gasteiger partial charge in [0.1, 0.15) is 12.0 Å². The molecule has 106 valence electrons. The minimum Gasteiger partial charge on any atom is -0.464 e. The van der Waals surface area contributed by atoms with Crippen molar-refractivity contribution < 1.29 is 23.9 Å². The number of nitrogens with zero attached hydrogens (tertiary/aromatic N) is 1. The molecule has 0 aromatic heterocycles. The molecule has 0 radical (unpaired) electrons. The maximum Gasteiger partial charge on any atom is 0.331 e. The number of imide groups is 2.